The lowest BCUT2D eigenvalue weighted by Crippen LogP contribution is -2.34. The molecule has 0 atom stereocenters. The van der Waals surface area contributed by atoms with E-state index in [2.05, 4.69) is 23.1 Å². The van der Waals surface area contributed by atoms with Gasteiger partial charge in [0.05, 0.1) is 6.10 Å². The van der Waals surface area contributed by atoms with Crippen LogP contribution >= 0.6 is 12.4 Å². The molecule has 182 valence electrons. The third-order valence-corrected chi connectivity index (χ3v) is 5.71. The van der Waals surface area contributed by atoms with Crippen LogP contribution in [0.25, 0.3) is 6.08 Å². The molecule has 4 rings (SSSR count). The molecule has 2 aliphatic rings. The predicted molar refractivity (Wildman–Crippen MR) is 135 cm³/mol. The summed E-state index contributed by atoms with van der Waals surface area (Å²) in [6.45, 7) is 9.05. The standard InChI is InChI=1S/C27H31NO5.ClH/c1-18(2)33-25-12-20(7-6-19(25)3)16-31-24-9-8-22-11-21(17-32-26(22)13-24)14-28-10-4-5-23(15-28)27(29)30;/h5-9,11-13,18H,4,10,14-17H2,1-3H3,(H,29,30);1H. The summed E-state index contributed by atoms with van der Waals surface area (Å²) >= 11 is 0. The molecule has 1 N–H and O–H groups in total. The number of aryl methyl sites for hydroxylation is 1. The lowest BCUT2D eigenvalue weighted by Gasteiger charge is -2.28. The summed E-state index contributed by atoms with van der Waals surface area (Å²) in [5, 5.41) is 9.24. The van der Waals surface area contributed by atoms with Gasteiger partial charge >= 0.3 is 5.97 Å². The maximum Gasteiger partial charge on any atom is 0.332 e. The number of carboxylic acid groups (broad SMARTS) is 1. The number of nitrogens with zero attached hydrogens (tertiary/aromatic N) is 1. The van der Waals surface area contributed by atoms with E-state index < -0.39 is 5.97 Å². The first kappa shape index (κ1) is 25.7. The van der Waals surface area contributed by atoms with Gasteiger partial charge in [0, 0.05) is 36.8 Å². The summed E-state index contributed by atoms with van der Waals surface area (Å²) in [7, 11) is 0. The zero-order valence-electron chi connectivity index (χ0n) is 19.9. The number of aliphatic carboxylic acids is 1. The van der Waals surface area contributed by atoms with E-state index >= 15 is 0 Å². The molecular weight excluding hydrogens is 454 g/mol. The lowest BCUT2D eigenvalue weighted by atomic mass is 10.0. The third kappa shape index (κ3) is 6.55. The minimum atomic E-state index is -0.833. The molecule has 0 aromatic heterocycles. The van der Waals surface area contributed by atoms with Crippen LogP contribution in [0.15, 0.2) is 53.6 Å². The van der Waals surface area contributed by atoms with Crippen LogP contribution in [-0.4, -0.2) is 48.3 Å². The van der Waals surface area contributed by atoms with Crippen molar-refractivity contribution >= 4 is 24.5 Å². The Kier molecular flexibility index (Phi) is 8.64. The van der Waals surface area contributed by atoms with Gasteiger partial charge in [-0.25, -0.2) is 4.79 Å². The van der Waals surface area contributed by atoms with Gasteiger partial charge < -0.3 is 19.3 Å². The maximum absolute atomic E-state index is 11.3. The largest absolute Gasteiger partial charge is 0.491 e. The Morgan fingerprint density at radius 3 is 2.79 bits per heavy atom. The fourth-order valence-corrected chi connectivity index (χ4v) is 4.04. The van der Waals surface area contributed by atoms with Crippen molar-refractivity contribution in [2.24, 2.45) is 0 Å². The van der Waals surface area contributed by atoms with E-state index in [1.54, 1.807) is 0 Å². The second kappa shape index (κ2) is 11.4. The van der Waals surface area contributed by atoms with Gasteiger partial charge in [-0.15, -0.1) is 12.4 Å². The SMILES string of the molecule is Cc1ccc(COc2ccc3c(c2)OCC(CN2CCC=C(C(=O)O)C2)=C3)cc1OC(C)C.Cl. The predicted octanol–water partition coefficient (Wildman–Crippen LogP) is 5.28. The van der Waals surface area contributed by atoms with Gasteiger partial charge in [0.1, 0.15) is 30.5 Å². The fraction of sp³-hybridized carbons (Fsp3) is 0.370. The van der Waals surface area contributed by atoms with Gasteiger partial charge in [0.2, 0.25) is 0 Å². The van der Waals surface area contributed by atoms with Crippen molar-refractivity contribution in [3.05, 3.63) is 70.3 Å². The van der Waals surface area contributed by atoms with Crippen molar-refractivity contribution in [3.63, 3.8) is 0 Å². The second-order valence-corrected chi connectivity index (χ2v) is 8.88. The van der Waals surface area contributed by atoms with Gasteiger partial charge in [-0.1, -0.05) is 18.2 Å². The van der Waals surface area contributed by atoms with Crippen LogP contribution in [-0.2, 0) is 11.4 Å². The smallest absolute Gasteiger partial charge is 0.332 e. The van der Waals surface area contributed by atoms with E-state index in [-0.39, 0.29) is 18.5 Å². The summed E-state index contributed by atoms with van der Waals surface area (Å²) in [6.07, 6.45) is 4.84. The molecule has 6 nitrogen and oxygen atoms in total. The minimum Gasteiger partial charge on any atom is -0.491 e. The molecular formula is C27H32ClNO5. The molecule has 7 heteroatoms. The highest BCUT2D eigenvalue weighted by atomic mass is 35.5. The van der Waals surface area contributed by atoms with Crippen LogP contribution in [0.5, 0.6) is 17.2 Å². The number of carbonyl (C=O) groups is 1. The molecule has 0 saturated heterocycles. The number of rotatable bonds is 8. The molecule has 2 aliphatic heterocycles. The quantitative estimate of drug-likeness (QED) is 0.549. The molecule has 2 aromatic rings. The van der Waals surface area contributed by atoms with Crippen molar-refractivity contribution in [2.75, 3.05) is 26.2 Å². The average molecular weight is 486 g/mol. The highest BCUT2D eigenvalue weighted by Gasteiger charge is 2.20. The first-order chi connectivity index (χ1) is 15.9. The highest BCUT2D eigenvalue weighted by molar-refractivity contribution is 5.87. The monoisotopic (exact) mass is 485 g/mol. The zero-order chi connectivity index (χ0) is 23.4. The first-order valence-electron chi connectivity index (χ1n) is 11.4. The van der Waals surface area contributed by atoms with Crippen LogP contribution in [0, 0.1) is 6.92 Å². The van der Waals surface area contributed by atoms with Crippen molar-refractivity contribution in [1.29, 1.82) is 0 Å². The number of fused-ring (bicyclic) bond motifs is 1. The minimum absolute atomic E-state index is 0. The topological polar surface area (TPSA) is 68.2 Å². The first-order valence-corrected chi connectivity index (χ1v) is 11.4. The number of hydrogen-bond donors (Lipinski definition) is 1. The number of hydrogen-bond acceptors (Lipinski definition) is 5. The van der Waals surface area contributed by atoms with E-state index in [0.717, 1.165) is 52.5 Å². The number of halogens is 1. The van der Waals surface area contributed by atoms with Crippen molar-refractivity contribution < 1.29 is 24.1 Å². The molecule has 0 fully saturated rings. The van der Waals surface area contributed by atoms with Gasteiger partial charge in [-0.2, -0.15) is 0 Å². The Hall–Kier alpha value is -2.96. The van der Waals surface area contributed by atoms with E-state index in [9.17, 15) is 9.90 Å². The van der Waals surface area contributed by atoms with Crippen LogP contribution in [0.3, 0.4) is 0 Å². The average Bonchev–Trinajstić information content (AvgIpc) is 2.79. The zero-order valence-corrected chi connectivity index (χ0v) is 20.7. The number of carboxylic acids is 1. The molecule has 0 aliphatic carbocycles. The van der Waals surface area contributed by atoms with Crippen LogP contribution in [0.2, 0.25) is 0 Å². The molecule has 0 saturated carbocycles. The molecule has 2 aromatic carbocycles. The summed E-state index contributed by atoms with van der Waals surface area (Å²) < 4.78 is 17.9. The van der Waals surface area contributed by atoms with Gasteiger partial charge in [-0.05, 0) is 68.2 Å². The second-order valence-electron chi connectivity index (χ2n) is 8.88. The number of ether oxygens (including phenoxy) is 3. The van der Waals surface area contributed by atoms with Gasteiger partial charge in [0.15, 0.2) is 0 Å². The van der Waals surface area contributed by atoms with Crippen LogP contribution in [0.1, 0.15) is 37.0 Å². The Morgan fingerprint density at radius 2 is 2.03 bits per heavy atom. The highest BCUT2D eigenvalue weighted by Crippen LogP contribution is 2.31. The van der Waals surface area contributed by atoms with Crippen molar-refractivity contribution in [3.8, 4) is 17.2 Å². The molecule has 0 bridgehead atoms. The van der Waals surface area contributed by atoms with Gasteiger partial charge in [-0.3, -0.25) is 4.90 Å². The molecule has 0 radical (unpaired) electrons. The van der Waals surface area contributed by atoms with Crippen molar-refractivity contribution in [1.82, 2.24) is 4.90 Å². The van der Waals surface area contributed by atoms with Gasteiger partial charge in [0.25, 0.3) is 0 Å². The molecule has 0 unspecified atom stereocenters. The normalized spacial score (nSPS) is 15.4. The fourth-order valence-electron chi connectivity index (χ4n) is 4.04. The van der Waals surface area contributed by atoms with Crippen LogP contribution in [0.4, 0.5) is 0 Å². The number of benzene rings is 2. The molecule has 34 heavy (non-hydrogen) atoms. The van der Waals surface area contributed by atoms with E-state index in [0.29, 0.717) is 31.9 Å². The Balaban J connectivity index is 0.00000324. The lowest BCUT2D eigenvalue weighted by molar-refractivity contribution is -0.133. The summed E-state index contributed by atoms with van der Waals surface area (Å²) in [5.74, 6) is 1.61. The van der Waals surface area contributed by atoms with E-state index in [1.165, 1.54) is 0 Å². The summed E-state index contributed by atoms with van der Waals surface area (Å²) in [4.78, 5) is 13.4. The van der Waals surface area contributed by atoms with Crippen molar-refractivity contribution in [2.45, 2.75) is 39.9 Å². The maximum atomic E-state index is 11.3. The van der Waals surface area contributed by atoms with Crippen LogP contribution < -0.4 is 14.2 Å². The molecule has 0 amide bonds. The Bertz CT molecular complexity index is 1090. The third-order valence-electron chi connectivity index (χ3n) is 5.71. The molecule has 0 spiro atoms. The molecule has 2 heterocycles. The summed E-state index contributed by atoms with van der Waals surface area (Å²) in [6, 6.07) is 12.0. The summed E-state index contributed by atoms with van der Waals surface area (Å²) in [5.41, 5.74) is 4.78. The Morgan fingerprint density at radius 1 is 1.21 bits per heavy atom. The Labute approximate surface area is 207 Å². The van der Waals surface area contributed by atoms with E-state index in [4.69, 9.17) is 14.2 Å². The van der Waals surface area contributed by atoms with E-state index in [1.807, 2.05) is 51.1 Å².